The van der Waals surface area contributed by atoms with Gasteiger partial charge in [-0.1, -0.05) is 6.92 Å². The van der Waals surface area contributed by atoms with Crippen molar-refractivity contribution >= 4 is 21.7 Å². The Kier molecular flexibility index (Phi) is 9.73. The zero-order valence-corrected chi connectivity index (χ0v) is 22.7. The molecule has 1 aromatic carbocycles. The van der Waals surface area contributed by atoms with E-state index in [1.807, 2.05) is 0 Å². The quantitative estimate of drug-likeness (QED) is 0.321. The number of carbonyl (C=O) groups excluding carboxylic acids is 1. The van der Waals surface area contributed by atoms with Crippen molar-refractivity contribution in [2.24, 2.45) is 0 Å². The van der Waals surface area contributed by atoms with E-state index in [0.29, 0.717) is 12.2 Å². The lowest BCUT2D eigenvalue weighted by molar-refractivity contribution is -0.132. The number of ether oxygens (including phenoxy) is 2. The highest BCUT2D eigenvalue weighted by Gasteiger charge is 2.36. The second-order valence-corrected chi connectivity index (χ2v) is 11.4. The molecule has 2 N–H and O–H groups in total. The number of aliphatic hydroxyl groups is 1. The third-order valence-electron chi connectivity index (χ3n) is 6.41. The molecule has 15 heteroatoms. The fraction of sp³-hybridized carbons (Fsp3) is 0.385. The first-order valence-electron chi connectivity index (χ1n) is 12.6. The van der Waals surface area contributed by atoms with Crippen LogP contribution in [0.2, 0.25) is 0 Å². The molecule has 11 nitrogen and oxygen atoms in total. The van der Waals surface area contributed by atoms with Crippen molar-refractivity contribution in [1.29, 1.82) is 0 Å². The third-order valence-corrected chi connectivity index (χ3v) is 8.13. The predicted molar refractivity (Wildman–Crippen MR) is 140 cm³/mol. The minimum absolute atomic E-state index is 0.0280. The van der Waals surface area contributed by atoms with E-state index < -0.39 is 53.0 Å². The van der Waals surface area contributed by atoms with Gasteiger partial charge in [0.25, 0.3) is 5.91 Å². The molecule has 1 aliphatic rings. The van der Waals surface area contributed by atoms with E-state index in [4.69, 9.17) is 4.74 Å². The predicted octanol–water partition coefficient (Wildman–Crippen LogP) is 2.53. The number of aromatic nitrogens is 3. The second kappa shape index (κ2) is 13.2. The van der Waals surface area contributed by atoms with Crippen LogP contribution in [0.15, 0.2) is 59.9 Å². The summed E-state index contributed by atoms with van der Waals surface area (Å²) in [5.41, 5.74) is 0.302. The summed E-state index contributed by atoms with van der Waals surface area (Å²) < 4.78 is 73.1. The van der Waals surface area contributed by atoms with Crippen molar-refractivity contribution < 1.29 is 41.0 Å². The van der Waals surface area contributed by atoms with Crippen molar-refractivity contribution in [2.45, 2.75) is 43.0 Å². The standard InChI is InChI=1S/C26H28F3N5O6S/c1-2-41(37,38)21-7-8-22(30-12-21)23(14-35)33-24(36)16-10-31-26(32-11-16)34-13-20(9-18(34)15-39-25(28)29)40-19-5-3-17(27)4-6-19/h3-8,10-12,18,20,23,25,35H,2,9,13-15H2,1H3,(H,33,36)/t18-,20?,23-/m0/s1. The molecule has 0 aliphatic carbocycles. The van der Waals surface area contributed by atoms with Gasteiger partial charge in [0.05, 0.1) is 53.7 Å². The Morgan fingerprint density at radius 3 is 2.41 bits per heavy atom. The number of alkyl halides is 2. The highest BCUT2D eigenvalue weighted by molar-refractivity contribution is 7.91. The molecule has 2 aromatic heterocycles. The molecule has 3 aromatic rings. The van der Waals surface area contributed by atoms with E-state index in [0.717, 1.165) is 6.20 Å². The minimum atomic E-state index is -3.46. The van der Waals surface area contributed by atoms with Crippen LogP contribution < -0.4 is 15.0 Å². The lowest BCUT2D eigenvalue weighted by Gasteiger charge is -2.24. The summed E-state index contributed by atoms with van der Waals surface area (Å²) >= 11 is 0. The number of hydrogen-bond donors (Lipinski definition) is 2. The molecular formula is C26H28F3N5O6S. The van der Waals surface area contributed by atoms with Gasteiger partial charge in [0.2, 0.25) is 5.95 Å². The van der Waals surface area contributed by atoms with Crippen LogP contribution in [0.3, 0.4) is 0 Å². The number of nitrogens with one attached hydrogen (secondary N) is 1. The smallest absolute Gasteiger partial charge is 0.345 e. The van der Waals surface area contributed by atoms with E-state index in [2.05, 4.69) is 25.0 Å². The minimum Gasteiger partial charge on any atom is -0.489 e. The number of carbonyl (C=O) groups is 1. The zero-order chi connectivity index (χ0) is 29.6. The van der Waals surface area contributed by atoms with E-state index in [9.17, 15) is 31.5 Å². The summed E-state index contributed by atoms with van der Waals surface area (Å²) in [7, 11) is -3.46. The lowest BCUT2D eigenvalue weighted by Crippen LogP contribution is -2.36. The van der Waals surface area contributed by atoms with Gasteiger partial charge in [-0.2, -0.15) is 8.78 Å². The van der Waals surface area contributed by atoms with Gasteiger partial charge in [-0.3, -0.25) is 9.78 Å². The first kappa shape index (κ1) is 30.1. The monoisotopic (exact) mass is 595 g/mol. The van der Waals surface area contributed by atoms with Crippen molar-refractivity contribution in [1.82, 2.24) is 20.3 Å². The van der Waals surface area contributed by atoms with E-state index >= 15 is 0 Å². The normalized spacial score (nSPS) is 18.0. The topological polar surface area (TPSA) is 144 Å². The molecule has 3 heterocycles. The number of pyridine rings is 1. The molecule has 4 rings (SSSR count). The molecule has 3 atom stereocenters. The van der Waals surface area contributed by atoms with E-state index in [-0.39, 0.29) is 41.0 Å². The van der Waals surface area contributed by atoms with Crippen LogP contribution in [0.1, 0.15) is 35.4 Å². The maximum atomic E-state index is 13.2. The molecule has 0 bridgehead atoms. The zero-order valence-electron chi connectivity index (χ0n) is 21.9. The molecule has 41 heavy (non-hydrogen) atoms. The molecule has 1 saturated heterocycles. The summed E-state index contributed by atoms with van der Waals surface area (Å²) in [5, 5.41) is 12.4. The fourth-order valence-electron chi connectivity index (χ4n) is 4.24. The summed E-state index contributed by atoms with van der Waals surface area (Å²) in [4.78, 5) is 27.0. The van der Waals surface area contributed by atoms with Crippen molar-refractivity contribution in [3.05, 3.63) is 72.1 Å². The SMILES string of the molecule is CCS(=O)(=O)c1ccc([C@H](CO)NC(=O)c2cnc(N3CC(Oc4ccc(F)cc4)C[C@H]3COC(F)F)nc2)nc1. The first-order chi connectivity index (χ1) is 19.6. The van der Waals surface area contributed by atoms with Crippen molar-refractivity contribution in [3.8, 4) is 5.75 Å². The average Bonchev–Trinajstić information content (AvgIpc) is 3.38. The van der Waals surface area contributed by atoms with Crippen LogP contribution in [0.25, 0.3) is 0 Å². The summed E-state index contributed by atoms with van der Waals surface area (Å²) in [6, 6.07) is 6.68. The summed E-state index contributed by atoms with van der Waals surface area (Å²) in [5.74, 6) is -0.576. The van der Waals surface area contributed by atoms with Gasteiger partial charge in [0.15, 0.2) is 9.84 Å². The maximum absolute atomic E-state index is 13.2. The maximum Gasteiger partial charge on any atom is 0.345 e. The molecule has 1 fully saturated rings. The van der Waals surface area contributed by atoms with Crippen molar-refractivity contribution in [3.63, 3.8) is 0 Å². The Morgan fingerprint density at radius 2 is 1.83 bits per heavy atom. The van der Waals surface area contributed by atoms with Gasteiger partial charge < -0.3 is 24.8 Å². The molecular weight excluding hydrogens is 567 g/mol. The lowest BCUT2D eigenvalue weighted by atomic mass is 10.2. The van der Waals surface area contributed by atoms with Crippen molar-refractivity contribution in [2.75, 3.05) is 30.4 Å². The third kappa shape index (κ3) is 7.68. The van der Waals surface area contributed by atoms with Gasteiger partial charge in [0.1, 0.15) is 17.7 Å². The number of rotatable bonds is 12. The van der Waals surface area contributed by atoms with Crippen LogP contribution in [-0.2, 0) is 14.6 Å². The van der Waals surface area contributed by atoms with Gasteiger partial charge >= 0.3 is 6.61 Å². The summed E-state index contributed by atoms with van der Waals surface area (Å²) in [6.07, 6.45) is 3.51. The van der Waals surface area contributed by atoms with Gasteiger partial charge in [-0.05, 0) is 36.4 Å². The van der Waals surface area contributed by atoms with Crippen LogP contribution in [0.4, 0.5) is 19.1 Å². The van der Waals surface area contributed by atoms with Gasteiger partial charge in [0, 0.05) is 25.0 Å². The Labute approximate surface area is 234 Å². The molecule has 0 radical (unpaired) electrons. The number of sulfone groups is 1. The highest BCUT2D eigenvalue weighted by Crippen LogP contribution is 2.27. The number of anilines is 1. The molecule has 0 saturated carbocycles. The summed E-state index contributed by atoms with van der Waals surface area (Å²) in [6.45, 7) is -2.07. The molecule has 0 spiro atoms. The number of nitrogens with zero attached hydrogens (tertiary/aromatic N) is 4. The number of hydrogen-bond acceptors (Lipinski definition) is 10. The van der Waals surface area contributed by atoms with Crippen LogP contribution in [0.5, 0.6) is 5.75 Å². The first-order valence-corrected chi connectivity index (χ1v) is 14.3. The van der Waals surface area contributed by atoms with Crippen LogP contribution in [-0.4, -0.2) is 78.7 Å². The largest absolute Gasteiger partial charge is 0.489 e. The Hall–Kier alpha value is -3.82. The molecule has 1 unspecified atom stereocenters. The number of aliphatic hydroxyl groups excluding tert-OH is 1. The Balaban J connectivity index is 1.44. The molecule has 1 aliphatic heterocycles. The van der Waals surface area contributed by atoms with E-state index in [1.54, 1.807) is 4.90 Å². The molecule has 220 valence electrons. The highest BCUT2D eigenvalue weighted by atomic mass is 32.2. The van der Waals surface area contributed by atoms with Gasteiger partial charge in [-0.25, -0.2) is 22.8 Å². The number of halogens is 3. The Bertz CT molecular complexity index is 1410. The fourth-order valence-corrected chi connectivity index (χ4v) is 5.06. The molecule has 1 amide bonds. The number of benzene rings is 1. The Morgan fingerprint density at radius 1 is 1.12 bits per heavy atom. The average molecular weight is 596 g/mol. The van der Waals surface area contributed by atoms with Crippen LogP contribution >= 0.6 is 0 Å². The second-order valence-electron chi connectivity index (χ2n) is 9.13. The number of amides is 1. The van der Waals surface area contributed by atoms with E-state index in [1.165, 1.54) is 55.7 Å². The van der Waals surface area contributed by atoms with Crippen LogP contribution in [0, 0.1) is 5.82 Å². The van der Waals surface area contributed by atoms with Gasteiger partial charge in [-0.15, -0.1) is 0 Å².